The normalized spacial score (nSPS) is 13.4. The van der Waals surface area contributed by atoms with Crippen LogP contribution in [0.15, 0.2) is 53.4 Å². The van der Waals surface area contributed by atoms with Gasteiger partial charge in [-0.2, -0.15) is 0 Å². The van der Waals surface area contributed by atoms with Gasteiger partial charge in [0.05, 0.1) is 10.6 Å². The number of anilines is 2. The van der Waals surface area contributed by atoms with Crippen molar-refractivity contribution in [1.29, 1.82) is 0 Å². The number of benzene rings is 2. The first-order chi connectivity index (χ1) is 12.5. The highest BCUT2D eigenvalue weighted by atomic mass is 32.2. The topological polar surface area (TPSA) is 159 Å². The molecule has 0 aliphatic heterocycles. The van der Waals surface area contributed by atoms with Crippen LogP contribution < -0.4 is 16.5 Å². The second kappa shape index (κ2) is 7.74. The van der Waals surface area contributed by atoms with Crippen LogP contribution in [-0.2, 0) is 14.6 Å². The minimum absolute atomic E-state index is 0.157. The van der Waals surface area contributed by atoms with E-state index in [1.807, 2.05) is 0 Å². The molecule has 1 atom stereocenters. The molecule has 0 aliphatic carbocycles. The minimum Gasteiger partial charge on any atom is -0.399 e. The second-order valence-electron chi connectivity index (χ2n) is 6.08. The van der Waals surface area contributed by atoms with E-state index in [4.69, 9.17) is 10.9 Å². The lowest BCUT2D eigenvalue weighted by molar-refractivity contribution is -0.144. The van der Waals surface area contributed by atoms with Crippen molar-refractivity contribution in [2.24, 2.45) is 0 Å². The number of rotatable bonds is 6. The van der Waals surface area contributed by atoms with E-state index in [-0.39, 0.29) is 4.90 Å². The van der Waals surface area contributed by atoms with Crippen molar-refractivity contribution in [1.82, 2.24) is 5.48 Å². The number of amides is 2. The SMILES string of the molecule is CC(O)(CS(=O)(=O)c1ccc(NC(=O)c2cccc(N)c2)cc1)C(=O)NO. The van der Waals surface area contributed by atoms with Crippen LogP contribution in [0.4, 0.5) is 11.4 Å². The maximum atomic E-state index is 12.3. The Kier molecular flexibility index (Phi) is 5.84. The van der Waals surface area contributed by atoms with Gasteiger partial charge in [0, 0.05) is 16.9 Å². The van der Waals surface area contributed by atoms with E-state index in [1.54, 1.807) is 18.2 Å². The molecule has 2 aromatic carbocycles. The molecule has 2 aromatic rings. The highest BCUT2D eigenvalue weighted by Gasteiger charge is 2.36. The molecule has 6 N–H and O–H groups in total. The Morgan fingerprint density at radius 2 is 1.78 bits per heavy atom. The first-order valence-electron chi connectivity index (χ1n) is 7.72. The van der Waals surface area contributed by atoms with Crippen molar-refractivity contribution in [3.8, 4) is 0 Å². The average molecular weight is 393 g/mol. The van der Waals surface area contributed by atoms with E-state index in [0.717, 1.165) is 6.92 Å². The van der Waals surface area contributed by atoms with Crippen molar-refractivity contribution < 1.29 is 28.3 Å². The van der Waals surface area contributed by atoms with Crippen molar-refractivity contribution in [3.05, 3.63) is 54.1 Å². The summed E-state index contributed by atoms with van der Waals surface area (Å²) >= 11 is 0. The molecule has 2 amide bonds. The third-order valence-electron chi connectivity index (χ3n) is 3.68. The van der Waals surface area contributed by atoms with Gasteiger partial charge < -0.3 is 16.2 Å². The molecule has 144 valence electrons. The molecule has 0 bridgehead atoms. The van der Waals surface area contributed by atoms with Crippen molar-refractivity contribution >= 4 is 33.0 Å². The number of sulfone groups is 1. The first-order valence-corrected chi connectivity index (χ1v) is 9.37. The molecule has 0 saturated carbocycles. The maximum absolute atomic E-state index is 12.3. The Labute approximate surface area is 155 Å². The van der Waals surface area contributed by atoms with Gasteiger partial charge in [0.25, 0.3) is 11.8 Å². The van der Waals surface area contributed by atoms with Gasteiger partial charge in [-0.3, -0.25) is 14.8 Å². The summed E-state index contributed by atoms with van der Waals surface area (Å²) in [6.07, 6.45) is 0. The van der Waals surface area contributed by atoms with Crippen LogP contribution in [0.5, 0.6) is 0 Å². The van der Waals surface area contributed by atoms with Crippen LogP contribution in [0.2, 0.25) is 0 Å². The van der Waals surface area contributed by atoms with E-state index in [9.17, 15) is 23.1 Å². The van der Waals surface area contributed by atoms with Gasteiger partial charge >= 0.3 is 0 Å². The Morgan fingerprint density at radius 1 is 1.15 bits per heavy atom. The smallest absolute Gasteiger partial charge is 0.276 e. The van der Waals surface area contributed by atoms with Crippen LogP contribution in [0.1, 0.15) is 17.3 Å². The fourth-order valence-electron chi connectivity index (χ4n) is 2.27. The first kappa shape index (κ1) is 20.4. The highest BCUT2D eigenvalue weighted by Crippen LogP contribution is 2.20. The maximum Gasteiger partial charge on any atom is 0.276 e. The molecule has 1 unspecified atom stereocenters. The van der Waals surface area contributed by atoms with E-state index in [0.29, 0.717) is 16.9 Å². The number of carbonyl (C=O) groups is 2. The van der Waals surface area contributed by atoms with Gasteiger partial charge in [-0.15, -0.1) is 0 Å². The van der Waals surface area contributed by atoms with E-state index >= 15 is 0 Å². The molecule has 0 spiro atoms. The molecule has 10 heteroatoms. The Balaban J connectivity index is 2.14. The lowest BCUT2D eigenvalue weighted by atomic mass is 10.1. The lowest BCUT2D eigenvalue weighted by Crippen LogP contribution is -2.48. The Bertz CT molecular complexity index is 955. The summed E-state index contributed by atoms with van der Waals surface area (Å²) in [6.45, 7) is 0.969. The van der Waals surface area contributed by atoms with Crippen LogP contribution in [0.25, 0.3) is 0 Å². The third-order valence-corrected chi connectivity index (χ3v) is 5.61. The monoisotopic (exact) mass is 393 g/mol. The van der Waals surface area contributed by atoms with E-state index in [1.165, 1.54) is 35.8 Å². The summed E-state index contributed by atoms with van der Waals surface area (Å²) in [5, 5.41) is 21.1. The molecule has 27 heavy (non-hydrogen) atoms. The molecule has 0 aliphatic rings. The van der Waals surface area contributed by atoms with Crippen molar-refractivity contribution in [2.75, 3.05) is 16.8 Å². The van der Waals surface area contributed by atoms with Crippen LogP contribution in [0, 0.1) is 0 Å². The number of nitrogen functional groups attached to an aromatic ring is 1. The zero-order valence-corrected chi connectivity index (χ0v) is 15.2. The Morgan fingerprint density at radius 3 is 2.33 bits per heavy atom. The minimum atomic E-state index is -4.03. The van der Waals surface area contributed by atoms with E-state index in [2.05, 4.69) is 5.32 Å². The standard InChI is InChI=1S/C17H19N3O6S/c1-17(23,16(22)20-24)10-27(25,26)14-7-5-13(6-8-14)19-15(21)11-3-2-4-12(18)9-11/h2-9,23-24H,10,18H2,1H3,(H,19,21)(H,20,22). The van der Waals surface area contributed by atoms with Gasteiger partial charge in [-0.05, 0) is 49.4 Å². The zero-order valence-electron chi connectivity index (χ0n) is 14.3. The number of nitrogens with one attached hydrogen (secondary N) is 2. The summed E-state index contributed by atoms with van der Waals surface area (Å²) in [7, 11) is -4.03. The number of nitrogens with two attached hydrogens (primary N) is 1. The molecule has 2 rings (SSSR count). The number of hydrogen-bond acceptors (Lipinski definition) is 7. The molecular formula is C17H19N3O6S. The molecule has 0 fully saturated rings. The van der Waals surface area contributed by atoms with Gasteiger partial charge in [-0.1, -0.05) is 6.07 Å². The number of carbonyl (C=O) groups excluding carboxylic acids is 2. The molecule has 0 aromatic heterocycles. The molecule has 0 radical (unpaired) electrons. The molecule has 0 heterocycles. The summed E-state index contributed by atoms with van der Waals surface area (Å²) in [6, 6.07) is 11.6. The molecule has 0 saturated heterocycles. The number of hydroxylamine groups is 1. The lowest BCUT2D eigenvalue weighted by Gasteiger charge is -2.20. The van der Waals surface area contributed by atoms with Crippen molar-refractivity contribution in [3.63, 3.8) is 0 Å². The predicted molar refractivity (Wildman–Crippen MR) is 97.9 cm³/mol. The second-order valence-corrected chi connectivity index (χ2v) is 8.07. The average Bonchev–Trinajstić information content (AvgIpc) is 2.60. The number of hydrogen-bond donors (Lipinski definition) is 5. The molecule has 9 nitrogen and oxygen atoms in total. The van der Waals surface area contributed by atoms with Crippen molar-refractivity contribution in [2.45, 2.75) is 17.4 Å². The van der Waals surface area contributed by atoms with Gasteiger partial charge in [0.1, 0.15) is 0 Å². The molecular weight excluding hydrogens is 374 g/mol. The summed E-state index contributed by atoms with van der Waals surface area (Å²) < 4.78 is 24.7. The predicted octanol–water partition coefficient (Wildman–Crippen LogP) is 0.551. The van der Waals surface area contributed by atoms with Gasteiger partial charge in [-0.25, -0.2) is 13.9 Å². The summed E-state index contributed by atoms with van der Waals surface area (Å²) in [5.41, 5.74) is 5.66. The fraction of sp³-hybridized carbons (Fsp3) is 0.176. The van der Waals surface area contributed by atoms with Crippen LogP contribution in [0.3, 0.4) is 0 Å². The van der Waals surface area contributed by atoms with Gasteiger partial charge in [0.2, 0.25) is 0 Å². The van der Waals surface area contributed by atoms with Crippen LogP contribution in [-0.4, -0.2) is 41.9 Å². The van der Waals surface area contributed by atoms with E-state index < -0.39 is 33.0 Å². The Hall–Kier alpha value is -2.95. The number of aliphatic hydroxyl groups is 1. The quantitative estimate of drug-likeness (QED) is 0.272. The highest BCUT2D eigenvalue weighted by molar-refractivity contribution is 7.91. The largest absolute Gasteiger partial charge is 0.399 e. The van der Waals surface area contributed by atoms with Gasteiger partial charge in [0.15, 0.2) is 15.4 Å². The van der Waals surface area contributed by atoms with Crippen LogP contribution >= 0.6 is 0 Å². The zero-order chi connectivity index (χ0) is 20.2. The fourth-order valence-corrected chi connectivity index (χ4v) is 3.86. The third kappa shape index (κ3) is 5.03. The summed E-state index contributed by atoms with van der Waals surface area (Å²) in [4.78, 5) is 23.3. The summed E-state index contributed by atoms with van der Waals surface area (Å²) in [5.74, 6) is -2.58.